The molecule has 4 unspecified atom stereocenters. The Kier molecular flexibility index (Phi) is 11.1. The van der Waals surface area contributed by atoms with Crippen molar-refractivity contribution in [2.45, 2.75) is 58.6 Å². The number of fused-ring (bicyclic) bond motifs is 1. The quantitative estimate of drug-likeness (QED) is 0.112. The van der Waals surface area contributed by atoms with Crippen LogP contribution in [-0.4, -0.2) is 61.2 Å². The topological polar surface area (TPSA) is 142 Å². The third-order valence-corrected chi connectivity index (χ3v) is 7.99. The monoisotopic (exact) mass is 594 g/mol. The van der Waals surface area contributed by atoms with Crippen molar-refractivity contribution in [2.75, 3.05) is 13.7 Å². The third-order valence-electron chi connectivity index (χ3n) is 6.07. The van der Waals surface area contributed by atoms with Gasteiger partial charge in [0.05, 0.1) is 23.8 Å². The maximum absolute atomic E-state index is 14.1. The molecule has 0 saturated carbocycles. The Morgan fingerprint density at radius 2 is 1.98 bits per heavy atom. The van der Waals surface area contributed by atoms with Gasteiger partial charge in [-0.15, -0.1) is 0 Å². The van der Waals surface area contributed by atoms with Crippen LogP contribution in [-0.2, 0) is 28.2 Å². The molecule has 1 aliphatic rings. The average Bonchev–Trinajstić information content (AvgIpc) is 3.29. The number of aliphatic imine (C=N–C) groups is 1. The molecular weight excluding hydrogens is 559 g/mol. The van der Waals surface area contributed by atoms with Gasteiger partial charge < -0.3 is 19.7 Å². The summed E-state index contributed by atoms with van der Waals surface area (Å²) < 4.78 is 37.1. The van der Waals surface area contributed by atoms with Crippen LogP contribution < -0.4 is 15.3 Å². The predicted molar refractivity (Wildman–Crippen MR) is 154 cm³/mol. The summed E-state index contributed by atoms with van der Waals surface area (Å²) in [5.41, 5.74) is 5.72. The standard InChI is InChI=1S/C27H36ClN4O7P/c1-17(2)37-27(34)19(4)31-40(35,39-24-12-8-10-20-9-6-7-11-22(20)24)36-15-21-13-18(3)26(38-21)32(16-33)14-23(28)25(29)30-5/h6-12,14,16-19,21,26H,13,15H2,1-5H3,(H2,29,30)(H,31,35)/b23-14+/t18?,19?,21?,26?,40-/m1/s1. The second kappa shape index (κ2) is 14.1. The van der Waals surface area contributed by atoms with Gasteiger partial charge in [0.25, 0.3) is 0 Å². The zero-order valence-electron chi connectivity index (χ0n) is 23.2. The van der Waals surface area contributed by atoms with Gasteiger partial charge in [-0.3, -0.25) is 24.0 Å². The number of benzene rings is 2. The van der Waals surface area contributed by atoms with Crippen molar-refractivity contribution in [1.29, 1.82) is 0 Å². The number of carbonyl (C=O) groups is 2. The van der Waals surface area contributed by atoms with Crippen molar-refractivity contribution < 1.29 is 32.7 Å². The van der Waals surface area contributed by atoms with Crippen LogP contribution in [0, 0.1) is 5.92 Å². The van der Waals surface area contributed by atoms with E-state index in [0.29, 0.717) is 18.6 Å². The fraction of sp³-hybridized carbons (Fsp3) is 0.444. The minimum Gasteiger partial charge on any atom is -0.462 e. The zero-order chi connectivity index (χ0) is 29.4. The second-order valence-electron chi connectivity index (χ2n) is 9.70. The molecule has 1 amide bonds. The number of hydrogen-bond donors (Lipinski definition) is 2. The van der Waals surface area contributed by atoms with E-state index in [1.54, 1.807) is 26.0 Å². The lowest BCUT2D eigenvalue weighted by Crippen LogP contribution is -2.37. The summed E-state index contributed by atoms with van der Waals surface area (Å²) in [5, 5.41) is 4.39. The fourth-order valence-corrected chi connectivity index (χ4v) is 5.89. The summed E-state index contributed by atoms with van der Waals surface area (Å²) in [6, 6.07) is 11.8. The van der Waals surface area contributed by atoms with Crippen LogP contribution in [0.4, 0.5) is 0 Å². The van der Waals surface area contributed by atoms with Crippen molar-refractivity contribution in [1.82, 2.24) is 9.99 Å². The molecule has 3 N–H and O–H groups in total. The molecule has 13 heteroatoms. The van der Waals surface area contributed by atoms with Gasteiger partial charge in [0, 0.05) is 24.6 Å². The summed E-state index contributed by atoms with van der Waals surface area (Å²) in [6.07, 6.45) is 0.833. The van der Waals surface area contributed by atoms with E-state index < -0.39 is 32.1 Å². The maximum Gasteiger partial charge on any atom is 0.459 e. The number of nitrogens with zero attached hydrogens (tertiary/aromatic N) is 2. The normalized spacial score (nSPS) is 22.1. The molecule has 0 aromatic heterocycles. The molecule has 218 valence electrons. The molecule has 11 nitrogen and oxygen atoms in total. The van der Waals surface area contributed by atoms with Crippen molar-refractivity contribution >= 4 is 48.3 Å². The number of amides is 1. The molecule has 2 aromatic rings. The van der Waals surface area contributed by atoms with Crippen LogP contribution in [0.2, 0.25) is 0 Å². The molecule has 1 fully saturated rings. The number of amidine groups is 1. The largest absolute Gasteiger partial charge is 0.462 e. The first kappa shape index (κ1) is 31.6. The Morgan fingerprint density at radius 1 is 1.27 bits per heavy atom. The highest BCUT2D eigenvalue weighted by atomic mass is 35.5. The molecule has 1 saturated heterocycles. The van der Waals surface area contributed by atoms with Crippen molar-refractivity contribution in [2.24, 2.45) is 16.6 Å². The summed E-state index contributed by atoms with van der Waals surface area (Å²) in [4.78, 5) is 29.4. The lowest BCUT2D eigenvalue weighted by Gasteiger charge is -2.26. The number of ether oxygens (including phenoxy) is 2. The predicted octanol–water partition coefficient (Wildman–Crippen LogP) is 4.55. The van der Waals surface area contributed by atoms with Crippen LogP contribution >= 0.6 is 19.3 Å². The minimum absolute atomic E-state index is 0.0711. The molecule has 0 spiro atoms. The lowest BCUT2D eigenvalue weighted by atomic mass is 10.1. The number of rotatable bonds is 13. The van der Waals surface area contributed by atoms with Gasteiger partial charge in [-0.2, -0.15) is 5.09 Å². The third kappa shape index (κ3) is 8.28. The summed E-state index contributed by atoms with van der Waals surface area (Å²) in [5.74, 6) is -0.335. The summed E-state index contributed by atoms with van der Waals surface area (Å²) >= 11 is 6.14. The Hall–Kier alpha value is -2.95. The first-order chi connectivity index (χ1) is 19.0. The first-order valence-corrected chi connectivity index (χ1v) is 14.8. The van der Waals surface area contributed by atoms with Crippen LogP contribution in [0.15, 0.2) is 58.7 Å². The van der Waals surface area contributed by atoms with Gasteiger partial charge in [-0.1, -0.05) is 54.9 Å². The Morgan fingerprint density at radius 3 is 2.65 bits per heavy atom. The van der Waals surface area contributed by atoms with E-state index in [-0.39, 0.29) is 29.5 Å². The zero-order valence-corrected chi connectivity index (χ0v) is 24.8. The Labute approximate surface area is 239 Å². The first-order valence-electron chi connectivity index (χ1n) is 12.8. The second-order valence-corrected chi connectivity index (χ2v) is 11.8. The van der Waals surface area contributed by atoms with Crippen molar-refractivity contribution in [3.8, 4) is 5.75 Å². The molecule has 1 heterocycles. The molecule has 3 rings (SSSR count). The number of hydrogen-bond acceptors (Lipinski definition) is 8. The van der Waals surface area contributed by atoms with Crippen LogP contribution in [0.25, 0.3) is 10.8 Å². The van der Waals surface area contributed by atoms with E-state index in [1.165, 1.54) is 25.1 Å². The molecule has 2 aromatic carbocycles. The SMILES string of the molecule is CN=C(N)/C(Cl)=C\N(C=O)C1OC(CO[P@](=O)(NC(C)C(=O)OC(C)C)Oc2cccc3ccccc23)CC1C. The molecule has 40 heavy (non-hydrogen) atoms. The van der Waals surface area contributed by atoms with Gasteiger partial charge in [0.2, 0.25) is 6.41 Å². The fourth-order valence-electron chi connectivity index (χ4n) is 4.16. The molecule has 0 aliphatic carbocycles. The number of halogens is 1. The van der Waals surface area contributed by atoms with Gasteiger partial charge >= 0.3 is 13.7 Å². The van der Waals surface area contributed by atoms with Crippen LogP contribution in [0.5, 0.6) is 5.75 Å². The highest BCUT2D eigenvalue weighted by molar-refractivity contribution is 7.52. The Bertz CT molecular complexity index is 1300. The smallest absolute Gasteiger partial charge is 0.459 e. The molecule has 5 atom stereocenters. The lowest BCUT2D eigenvalue weighted by molar-refractivity contribution is -0.149. The molecular formula is C27H36ClN4O7P. The van der Waals surface area contributed by atoms with E-state index >= 15 is 0 Å². The van der Waals surface area contributed by atoms with Crippen molar-refractivity contribution in [3.05, 3.63) is 53.7 Å². The van der Waals surface area contributed by atoms with Crippen molar-refractivity contribution in [3.63, 3.8) is 0 Å². The Balaban J connectivity index is 1.79. The van der Waals surface area contributed by atoms with Gasteiger partial charge in [-0.05, 0) is 38.6 Å². The van der Waals surface area contributed by atoms with E-state index in [9.17, 15) is 14.2 Å². The summed E-state index contributed by atoms with van der Waals surface area (Å²) in [7, 11) is -2.66. The molecule has 1 aliphatic heterocycles. The van der Waals surface area contributed by atoms with Gasteiger partial charge in [0.1, 0.15) is 23.9 Å². The highest BCUT2D eigenvalue weighted by Gasteiger charge is 2.39. The number of esters is 1. The number of carbonyl (C=O) groups excluding carboxylic acids is 2. The number of nitrogens with two attached hydrogens (primary N) is 1. The van der Waals surface area contributed by atoms with E-state index in [4.69, 9.17) is 35.9 Å². The maximum atomic E-state index is 14.1. The van der Waals surface area contributed by atoms with E-state index in [0.717, 1.165) is 10.8 Å². The summed E-state index contributed by atoms with van der Waals surface area (Å²) in [6.45, 7) is 6.70. The molecule has 0 bridgehead atoms. The van der Waals surface area contributed by atoms with Crippen LogP contribution in [0.3, 0.4) is 0 Å². The molecule has 0 radical (unpaired) electrons. The van der Waals surface area contributed by atoms with Crippen LogP contribution in [0.1, 0.15) is 34.1 Å². The van der Waals surface area contributed by atoms with Gasteiger partial charge in [-0.25, -0.2) is 4.57 Å². The van der Waals surface area contributed by atoms with Gasteiger partial charge in [0.15, 0.2) is 0 Å². The average molecular weight is 595 g/mol. The highest BCUT2D eigenvalue weighted by Crippen LogP contribution is 2.47. The number of nitrogens with one attached hydrogen (secondary N) is 1. The van der Waals surface area contributed by atoms with E-state index in [1.807, 2.05) is 37.3 Å². The van der Waals surface area contributed by atoms with E-state index in [2.05, 4.69) is 10.1 Å². The minimum atomic E-state index is -4.14.